The molecular formula is C13H12N2O3. The lowest BCUT2D eigenvalue weighted by Crippen LogP contribution is -2.32. The van der Waals surface area contributed by atoms with Crippen molar-refractivity contribution < 1.29 is 9.47 Å². The summed E-state index contributed by atoms with van der Waals surface area (Å²) in [4.78, 5) is 18.4. The highest BCUT2D eigenvalue weighted by molar-refractivity contribution is 5.25. The molecule has 1 aliphatic heterocycles. The van der Waals surface area contributed by atoms with E-state index in [0.717, 1.165) is 0 Å². The molecule has 0 spiro atoms. The van der Waals surface area contributed by atoms with E-state index in [4.69, 9.17) is 9.47 Å². The summed E-state index contributed by atoms with van der Waals surface area (Å²) in [5, 5.41) is 0. The lowest BCUT2D eigenvalue weighted by atomic mass is 10.1. The molecule has 3 rings (SSSR count). The van der Waals surface area contributed by atoms with Crippen molar-refractivity contribution in [3.63, 3.8) is 0 Å². The number of hydrogen-bond acceptors (Lipinski definition) is 4. The summed E-state index contributed by atoms with van der Waals surface area (Å²) in [5.74, 6) is -1.10. The number of hydrogen-bond donors (Lipinski definition) is 1. The lowest BCUT2D eigenvalue weighted by Gasteiger charge is -2.26. The quantitative estimate of drug-likeness (QED) is 0.856. The van der Waals surface area contributed by atoms with Crippen LogP contribution in [0.1, 0.15) is 11.4 Å². The number of pyridine rings is 2. The second-order valence-electron chi connectivity index (χ2n) is 3.96. The van der Waals surface area contributed by atoms with Gasteiger partial charge in [0.2, 0.25) is 5.56 Å². The first-order chi connectivity index (χ1) is 8.81. The van der Waals surface area contributed by atoms with E-state index in [2.05, 4.69) is 9.97 Å². The van der Waals surface area contributed by atoms with Crippen LogP contribution < -0.4 is 5.56 Å². The summed E-state index contributed by atoms with van der Waals surface area (Å²) in [7, 11) is 0. The molecule has 0 bridgehead atoms. The number of aromatic nitrogens is 2. The topological polar surface area (TPSA) is 64.2 Å². The Morgan fingerprint density at radius 3 is 2.61 bits per heavy atom. The third-order valence-corrected chi connectivity index (χ3v) is 2.82. The molecule has 2 aromatic heterocycles. The minimum Gasteiger partial charge on any atom is -0.337 e. The van der Waals surface area contributed by atoms with E-state index in [-0.39, 0.29) is 5.56 Å². The highest BCUT2D eigenvalue weighted by atomic mass is 16.7. The minimum atomic E-state index is -1.10. The molecule has 5 heteroatoms. The van der Waals surface area contributed by atoms with E-state index >= 15 is 0 Å². The molecular weight excluding hydrogens is 232 g/mol. The van der Waals surface area contributed by atoms with Gasteiger partial charge in [0, 0.05) is 12.3 Å². The first-order valence-corrected chi connectivity index (χ1v) is 5.70. The Balaban J connectivity index is 2.16. The van der Waals surface area contributed by atoms with Crippen molar-refractivity contribution in [2.45, 2.75) is 5.79 Å². The van der Waals surface area contributed by atoms with E-state index in [1.807, 2.05) is 18.2 Å². The molecule has 18 heavy (non-hydrogen) atoms. The van der Waals surface area contributed by atoms with Crippen LogP contribution in [0.25, 0.3) is 0 Å². The van der Waals surface area contributed by atoms with Crippen LogP contribution in [-0.4, -0.2) is 23.2 Å². The zero-order chi connectivity index (χ0) is 12.4. The van der Waals surface area contributed by atoms with Crippen LogP contribution in [0.15, 0.2) is 47.4 Å². The summed E-state index contributed by atoms with van der Waals surface area (Å²) >= 11 is 0. The molecule has 2 aromatic rings. The van der Waals surface area contributed by atoms with Crippen molar-refractivity contribution in [1.82, 2.24) is 9.97 Å². The van der Waals surface area contributed by atoms with Gasteiger partial charge in [0.1, 0.15) is 5.69 Å². The van der Waals surface area contributed by atoms with Crippen molar-refractivity contribution in [3.05, 3.63) is 64.3 Å². The van der Waals surface area contributed by atoms with Crippen LogP contribution in [0.3, 0.4) is 0 Å². The van der Waals surface area contributed by atoms with Gasteiger partial charge in [-0.1, -0.05) is 12.1 Å². The Labute approximate surface area is 103 Å². The number of nitrogens with one attached hydrogen (secondary N) is 1. The first kappa shape index (κ1) is 11.1. The normalized spacial score (nSPS) is 17.8. The predicted octanol–water partition coefficient (Wildman–Crippen LogP) is 1.02. The molecule has 92 valence electrons. The van der Waals surface area contributed by atoms with Gasteiger partial charge in [-0.05, 0) is 18.2 Å². The van der Waals surface area contributed by atoms with Gasteiger partial charge in [0.05, 0.1) is 18.9 Å². The van der Waals surface area contributed by atoms with Crippen LogP contribution >= 0.6 is 0 Å². The number of ether oxygens (including phenoxy) is 2. The first-order valence-electron chi connectivity index (χ1n) is 5.70. The van der Waals surface area contributed by atoms with E-state index in [9.17, 15) is 4.79 Å². The fourth-order valence-corrected chi connectivity index (χ4v) is 2.05. The van der Waals surface area contributed by atoms with E-state index in [0.29, 0.717) is 24.6 Å². The number of rotatable bonds is 2. The van der Waals surface area contributed by atoms with Crippen LogP contribution in [0.2, 0.25) is 0 Å². The number of aromatic amines is 1. The third-order valence-electron chi connectivity index (χ3n) is 2.82. The van der Waals surface area contributed by atoms with Crippen molar-refractivity contribution in [2.75, 3.05) is 13.2 Å². The maximum Gasteiger partial charge on any atom is 0.255 e. The van der Waals surface area contributed by atoms with Crippen molar-refractivity contribution in [1.29, 1.82) is 0 Å². The summed E-state index contributed by atoms with van der Waals surface area (Å²) < 4.78 is 11.4. The molecule has 1 N–H and O–H groups in total. The Hall–Kier alpha value is -1.98. The summed E-state index contributed by atoms with van der Waals surface area (Å²) in [5.41, 5.74) is 0.998. The van der Waals surface area contributed by atoms with Crippen molar-refractivity contribution in [3.8, 4) is 0 Å². The molecule has 3 heterocycles. The van der Waals surface area contributed by atoms with Gasteiger partial charge in [-0.3, -0.25) is 9.78 Å². The Morgan fingerprint density at radius 2 is 1.94 bits per heavy atom. The lowest BCUT2D eigenvalue weighted by molar-refractivity contribution is -0.136. The van der Waals surface area contributed by atoms with Crippen molar-refractivity contribution >= 4 is 0 Å². The fourth-order valence-electron chi connectivity index (χ4n) is 2.05. The molecule has 0 saturated carbocycles. The average molecular weight is 244 g/mol. The van der Waals surface area contributed by atoms with Gasteiger partial charge in [-0.15, -0.1) is 0 Å². The van der Waals surface area contributed by atoms with Gasteiger partial charge >= 0.3 is 0 Å². The van der Waals surface area contributed by atoms with Crippen LogP contribution in [0, 0.1) is 0 Å². The number of nitrogens with zero attached hydrogens (tertiary/aromatic N) is 1. The SMILES string of the molecule is O=c1cccc(C2(c3ccccn3)OCCO2)[nH]1. The molecule has 1 aliphatic rings. The fraction of sp³-hybridized carbons (Fsp3) is 0.231. The summed E-state index contributed by atoms with van der Waals surface area (Å²) in [6.45, 7) is 0.932. The zero-order valence-electron chi connectivity index (χ0n) is 9.63. The predicted molar refractivity (Wildman–Crippen MR) is 64.0 cm³/mol. The standard InChI is InChI=1S/C13H12N2O3/c16-12-6-3-5-11(15-12)13(17-8-9-18-13)10-4-1-2-7-14-10/h1-7H,8-9H2,(H,15,16). The van der Waals surface area contributed by atoms with Crippen LogP contribution in [-0.2, 0) is 15.3 Å². The third kappa shape index (κ3) is 1.73. The highest BCUT2D eigenvalue weighted by Gasteiger charge is 2.42. The Morgan fingerprint density at radius 1 is 1.11 bits per heavy atom. The monoisotopic (exact) mass is 244 g/mol. The molecule has 5 nitrogen and oxygen atoms in total. The largest absolute Gasteiger partial charge is 0.337 e. The van der Waals surface area contributed by atoms with Gasteiger partial charge in [-0.2, -0.15) is 0 Å². The summed E-state index contributed by atoms with van der Waals surface area (Å²) in [6, 6.07) is 10.4. The molecule has 0 radical (unpaired) electrons. The maximum absolute atomic E-state index is 11.4. The van der Waals surface area contributed by atoms with Crippen molar-refractivity contribution in [2.24, 2.45) is 0 Å². The second kappa shape index (κ2) is 4.36. The van der Waals surface area contributed by atoms with Gasteiger partial charge < -0.3 is 14.5 Å². The van der Waals surface area contributed by atoms with Gasteiger partial charge in [-0.25, -0.2) is 0 Å². The molecule has 0 aliphatic carbocycles. The second-order valence-corrected chi connectivity index (χ2v) is 3.96. The molecule has 1 saturated heterocycles. The van der Waals surface area contributed by atoms with Crippen LogP contribution in [0.5, 0.6) is 0 Å². The van der Waals surface area contributed by atoms with E-state index in [1.165, 1.54) is 6.07 Å². The van der Waals surface area contributed by atoms with E-state index in [1.54, 1.807) is 18.3 Å². The molecule has 0 aromatic carbocycles. The molecule has 1 fully saturated rings. The average Bonchev–Trinajstić information content (AvgIpc) is 2.90. The van der Waals surface area contributed by atoms with E-state index < -0.39 is 5.79 Å². The van der Waals surface area contributed by atoms with Crippen LogP contribution in [0.4, 0.5) is 0 Å². The minimum absolute atomic E-state index is 0.193. The maximum atomic E-state index is 11.4. The highest BCUT2D eigenvalue weighted by Crippen LogP contribution is 2.35. The van der Waals surface area contributed by atoms with Gasteiger partial charge in [0.15, 0.2) is 0 Å². The molecule has 0 atom stereocenters. The Kier molecular flexibility index (Phi) is 2.70. The molecule has 0 unspecified atom stereocenters. The van der Waals surface area contributed by atoms with Gasteiger partial charge in [0.25, 0.3) is 5.79 Å². The summed E-state index contributed by atoms with van der Waals surface area (Å²) in [6.07, 6.45) is 1.67. The zero-order valence-corrected chi connectivity index (χ0v) is 9.63. The smallest absolute Gasteiger partial charge is 0.255 e. The molecule has 0 amide bonds. The Bertz CT molecular complexity index is 588. The number of H-pyrrole nitrogens is 1.